The first kappa shape index (κ1) is 23.6. The fourth-order valence-corrected chi connectivity index (χ4v) is 5.57. The molecule has 0 unspecified atom stereocenters. The lowest BCUT2D eigenvalue weighted by molar-refractivity contribution is -0.142. The van der Waals surface area contributed by atoms with Gasteiger partial charge in [-0.25, -0.2) is 4.98 Å². The summed E-state index contributed by atoms with van der Waals surface area (Å²) < 4.78 is 5.51. The molecule has 37 heavy (non-hydrogen) atoms. The zero-order valence-electron chi connectivity index (χ0n) is 20.9. The molecule has 4 aliphatic rings. The molecule has 0 spiro atoms. The molecule has 2 atom stereocenters. The summed E-state index contributed by atoms with van der Waals surface area (Å²) in [5, 5.41) is 19.9. The van der Waals surface area contributed by atoms with Crippen LogP contribution in [-0.2, 0) is 9.53 Å². The molecule has 2 aromatic heterocycles. The van der Waals surface area contributed by atoms with Gasteiger partial charge in [-0.2, -0.15) is 10.5 Å². The predicted octanol–water partition coefficient (Wildman–Crippen LogP) is 4.01. The molecule has 2 aliphatic carbocycles. The number of carbonyl (C=O) groups is 1. The Morgan fingerprint density at radius 1 is 1.11 bits per heavy atom. The van der Waals surface area contributed by atoms with Crippen molar-refractivity contribution in [1.82, 2.24) is 14.9 Å². The van der Waals surface area contributed by atoms with Crippen LogP contribution in [0.25, 0.3) is 17.2 Å². The molecule has 2 aliphatic heterocycles. The Balaban J connectivity index is 1.34. The highest BCUT2D eigenvalue weighted by atomic mass is 16.5. The van der Waals surface area contributed by atoms with Crippen LogP contribution in [0.2, 0.25) is 0 Å². The third-order valence-corrected chi connectivity index (χ3v) is 8.06. The molecule has 4 fully saturated rings. The lowest BCUT2D eigenvalue weighted by Crippen LogP contribution is -2.57. The van der Waals surface area contributed by atoms with Crippen LogP contribution in [0.4, 0.5) is 5.82 Å². The van der Waals surface area contributed by atoms with Gasteiger partial charge in [-0.3, -0.25) is 9.78 Å². The van der Waals surface area contributed by atoms with Gasteiger partial charge in [0.25, 0.3) is 0 Å². The van der Waals surface area contributed by atoms with Crippen LogP contribution in [-0.4, -0.2) is 59.2 Å². The summed E-state index contributed by atoms with van der Waals surface area (Å²) in [6.45, 7) is 6.53. The van der Waals surface area contributed by atoms with Crippen molar-refractivity contribution in [1.29, 1.82) is 10.5 Å². The van der Waals surface area contributed by atoms with Crippen LogP contribution in [0.3, 0.4) is 0 Å². The Labute approximate surface area is 217 Å². The van der Waals surface area contributed by atoms with Gasteiger partial charge in [-0.1, -0.05) is 6.58 Å². The van der Waals surface area contributed by atoms with E-state index >= 15 is 0 Å². The minimum absolute atomic E-state index is 0.0685. The molecule has 0 bridgehead atoms. The monoisotopic (exact) mass is 494 g/mol. The topological polar surface area (TPSA) is 106 Å². The Hall–Kier alpha value is -3.75. The third kappa shape index (κ3) is 4.58. The van der Waals surface area contributed by atoms with Gasteiger partial charge in [0.1, 0.15) is 18.0 Å². The molecule has 188 valence electrons. The first-order valence-electron chi connectivity index (χ1n) is 13.2. The van der Waals surface area contributed by atoms with Crippen molar-refractivity contribution >= 4 is 17.8 Å². The highest BCUT2D eigenvalue weighted by Crippen LogP contribution is 2.46. The number of carbonyl (C=O) groups excluding carboxylic acids is 1. The summed E-state index contributed by atoms with van der Waals surface area (Å²) in [6, 6.07) is 8.51. The normalized spacial score (nSPS) is 23.1. The van der Waals surface area contributed by atoms with Gasteiger partial charge < -0.3 is 14.5 Å². The van der Waals surface area contributed by atoms with Crippen LogP contribution >= 0.6 is 0 Å². The van der Waals surface area contributed by atoms with Crippen molar-refractivity contribution in [2.45, 2.75) is 56.6 Å². The number of rotatable bonds is 7. The maximum absolute atomic E-state index is 13.1. The number of piperazine rings is 1. The highest BCUT2D eigenvalue weighted by Gasteiger charge is 2.42. The van der Waals surface area contributed by atoms with E-state index in [9.17, 15) is 15.3 Å². The van der Waals surface area contributed by atoms with E-state index in [4.69, 9.17) is 9.72 Å². The molecular weight excluding hydrogens is 464 g/mol. The molecule has 6 rings (SSSR count). The number of anilines is 1. The molecule has 4 heterocycles. The van der Waals surface area contributed by atoms with E-state index in [1.54, 1.807) is 12.3 Å². The van der Waals surface area contributed by atoms with Crippen LogP contribution < -0.4 is 4.90 Å². The zero-order chi connectivity index (χ0) is 25.5. The number of nitrogens with zero attached hydrogens (tertiary/aromatic N) is 6. The van der Waals surface area contributed by atoms with Gasteiger partial charge in [0, 0.05) is 49.5 Å². The van der Waals surface area contributed by atoms with E-state index in [0.29, 0.717) is 60.5 Å². The molecule has 0 N–H and O–H groups in total. The molecular formula is C29H30N6O2. The number of ether oxygens (including phenoxy) is 1. The van der Waals surface area contributed by atoms with Crippen molar-refractivity contribution in [3.05, 3.63) is 47.4 Å². The molecule has 2 saturated carbocycles. The molecule has 0 radical (unpaired) electrons. The minimum Gasteiger partial charge on any atom is -0.377 e. The molecule has 8 heteroatoms. The number of nitriles is 2. The highest BCUT2D eigenvalue weighted by molar-refractivity contribution is 5.79. The van der Waals surface area contributed by atoms with Gasteiger partial charge in [0.05, 0.1) is 41.1 Å². The molecule has 2 saturated heterocycles. The number of aromatic nitrogens is 2. The molecule has 8 nitrogen and oxygen atoms in total. The number of amides is 1. The van der Waals surface area contributed by atoms with Crippen LogP contribution in [0.1, 0.15) is 67.0 Å². The van der Waals surface area contributed by atoms with Crippen LogP contribution in [0, 0.1) is 28.6 Å². The quantitative estimate of drug-likeness (QED) is 0.572. The SMILES string of the molecule is C=Cc1cc(-c2cc(C#N)c(N3CCN(C(=O)C[C@H]4CCO4)[C@H](C4CC4)C3)nc2C2CC2)c(C#N)cn1. The van der Waals surface area contributed by atoms with Crippen molar-refractivity contribution < 1.29 is 9.53 Å². The van der Waals surface area contributed by atoms with Gasteiger partial charge in [0.2, 0.25) is 5.91 Å². The molecule has 0 aromatic carbocycles. The van der Waals surface area contributed by atoms with Crippen molar-refractivity contribution in [2.24, 2.45) is 5.92 Å². The predicted molar refractivity (Wildman–Crippen MR) is 138 cm³/mol. The van der Waals surface area contributed by atoms with Gasteiger partial charge >= 0.3 is 0 Å². The average Bonchev–Trinajstić information content (AvgIpc) is 3.82. The second kappa shape index (κ2) is 9.61. The lowest BCUT2D eigenvalue weighted by atomic mass is 9.95. The smallest absolute Gasteiger partial charge is 0.225 e. The van der Waals surface area contributed by atoms with E-state index in [1.165, 1.54) is 0 Å². The maximum atomic E-state index is 13.1. The van der Waals surface area contributed by atoms with Gasteiger partial charge in [-0.15, -0.1) is 0 Å². The minimum atomic E-state index is 0.0685. The first-order valence-corrected chi connectivity index (χ1v) is 13.2. The Morgan fingerprint density at radius 3 is 2.51 bits per heavy atom. The van der Waals surface area contributed by atoms with E-state index in [-0.39, 0.29) is 18.1 Å². The zero-order valence-corrected chi connectivity index (χ0v) is 20.9. The lowest BCUT2D eigenvalue weighted by Gasteiger charge is -2.43. The van der Waals surface area contributed by atoms with E-state index in [2.05, 4.69) is 33.5 Å². The molecule has 1 amide bonds. The van der Waals surface area contributed by atoms with E-state index < -0.39 is 0 Å². The fraction of sp³-hybridized carbons (Fsp3) is 0.483. The Bertz CT molecular complexity index is 1330. The second-order valence-corrected chi connectivity index (χ2v) is 10.6. The van der Waals surface area contributed by atoms with Crippen LogP contribution in [0.5, 0.6) is 0 Å². The van der Waals surface area contributed by atoms with Gasteiger partial charge in [0.15, 0.2) is 0 Å². The Morgan fingerprint density at radius 2 is 1.89 bits per heavy atom. The number of pyridine rings is 2. The van der Waals surface area contributed by atoms with Crippen molar-refractivity contribution in [3.63, 3.8) is 0 Å². The van der Waals surface area contributed by atoms with Gasteiger partial charge in [-0.05, 0) is 56.2 Å². The number of hydrogen-bond donors (Lipinski definition) is 0. The summed E-state index contributed by atoms with van der Waals surface area (Å²) in [7, 11) is 0. The second-order valence-electron chi connectivity index (χ2n) is 10.6. The first-order chi connectivity index (χ1) is 18.1. The summed E-state index contributed by atoms with van der Waals surface area (Å²) in [4.78, 5) is 26.8. The fourth-order valence-electron chi connectivity index (χ4n) is 5.57. The molecule has 2 aromatic rings. The average molecular weight is 495 g/mol. The van der Waals surface area contributed by atoms with Crippen molar-refractivity contribution in [3.8, 4) is 23.3 Å². The third-order valence-electron chi connectivity index (χ3n) is 8.06. The Kier molecular flexibility index (Phi) is 6.14. The number of hydrogen-bond acceptors (Lipinski definition) is 7. The van der Waals surface area contributed by atoms with E-state index in [1.807, 2.05) is 12.1 Å². The summed E-state index contributed by atoms with van der Waals surface area (Å²) in [5.41, 5.74) is 4.15. The van der Waals surface area contributed by atoms with Crippen molar-refractivity contribution in [2.75, 3.05) is 31.1 Å². The standard InChI is InChI=1S/C29H30N6O2/c1-2-22-12-24(21(15-31)16-32-22)25-11-20(14-30)29(33-28(25)19-5-6-19)34-8-9-35(26(17-34)18-3-4-18)27(36)13-23-7-10-37-23/h2,11-12,16,18-19,23,26H,1,3-10,13,17H2/t23-,26+/m1/s1. The summed E-state index contributed by atoms with van der Waals surface area (Å²) >= 11 is 0. The van der Waals surface area contributed by atoms with Crippen LogP contribution in [0.15, 0.2) is 24.9 Å². The summed E-state index contributed by atoms with van der Waals surface area (Å²) in [5.74, 6) is 1.71. The van der Waals surface area contributed by atoms with E-state index in [0.717, 1.165) is 55.5 Å². The maximum Gasteiger partial charge on any atom is 0.225 e. The largest absolute Gasteiger partial charge is 0.377 e. The summed E-state index contributed by atoms with van der Waals surface area (Å²) in [6.07, 6.45) is 9.08.